The first-order valence-corrected chi connectivity index (χ1v) is 8.89. The molecule has 1 aromatic heterocycles. The summed E-state index contributed by atoms with van der Waals surface area (Å²) in [7, 11) is 0. The molecular weight excluding hydrogens is 384 g/mol. The molecule has 0 aliphatic carbocycles. The molecule has 8 heteroatoms. The molecule has 0 saturated heterocycles. The summed E-state index contributed by atoms with van der Waals surface area (Å²) < 4.78 is 11.4. The largest absolute Gasteiger partial charge is 0.489 e. The first-order chi connectivity index (χ1) is 13.4. The second-order valence-electron chi connectivity index (χ2n) is 6.18. The molecule has 1 heterocycles. The van der Waals surface area contributed by atoms with Gasteiger partial charge in [0.25, 0.3) is 5.91 Å². The number of benzene rings is 2. The number of primary amides is 1. The van der Waals surface area contributed by atoms with E-state index in [1.54, 1.807) is 31.2 Å². The third kappa shape index (κ3) is 4.11. The van der Waals surface area contributed by atoms with Gasteiger partial charge in [0.1, 0.15) is 29.7 Å². The van der Waals surface area contributed by atoms with Crippen LogP contribution in [0.1, 0.15) is 21.7 Å². The van der Waals surface area contributed by atoms with Gasteiger partial charge in [-0.25, -0.2) is 0 Å². The fraction of sp³-hybridized carbons (Fsp3) is 0.200. The van der Waals surface area contributed by atoms with Gasteiger partial charge in [0.2, 0.25) is 5.91 Å². The van der Waals surface area contributed by atoms with Gasteiger partial charge >= 0.3 is 0 Å². The summed E-state index contributed by atoms with van der Waals surface area (Å²) in [5.41, 5.74) is 6.74. The maximum atomic E-state index is 12.6. The van der Waals surface area contributed by atoms with Crippen LogP contribution in [0.2, 0.25) is 5.02 Å². The molecule has 0 aliphatic rings. The number of ether oxygens (including phenoxy) is 1. The van der Waals surface area contributed by atoms with Gasteiger partial charge in [-0.2, -0.15) is 0 Å². The van der Waals surface area contributed by atoms with Crippen LogP contribution in [0.15, 0.2) is 46.9 Å². The summed E-state index contributed by atoms with van der Waals surface area (Å²) in [5.74, 6) is -0.504. The van der Waals surface area contributed by atoms with Gasteiger partial charge in [-0.1, -0.05) is 29.8 Å². The molecule has 0 radical (unpaired) electrons. The number of fused-ring (bicyclic) bond motifs is 1. The quantitative estimate of drug-likeness (QED) is 0.561. The van der Waals surface area contributed by atoms with Crippen molar-refractivity contribution >= 4 is 34.4 Å². The van der Waals surface area contributed by atoms with Crippen LogP contribution in [-0.4, -0.2) is 29.6 Å². The number of nitrogens with two attached hydrogens (primary N) is 1. The van der Waals surface area contributed by atoms with Crippen molar-refractivity contribution in [1.82, 2.24) is 5.32 Å². The number of halogens is 1. The Morgan fingerprint density at radius 3 is 2.71 bits per heavy atom. The van der Waals surface area contributed by atoms with Gasteiger partial charge in [0, 0.05) is 16.0 Å². The molecule has 7 nitrogen and oxygen atoms in total. The number of hydrogen-bond donors (Lipinski definition) is 3. The minimum Gasteiger partial charge on any atom is -0.489 e. The first kappa shape index (κ1) is 19.7. The van der Waals surface area contributed by atoms with E-state index in [2.05, 4.69) is 5.32 Å². The van der Waals surface area contributed by atoms with Crippen LogP contribution in [-0.2, 0) is 11.4 Å². The summed E-state index contributed by atoms with van der Waals surface area (Å²) in [6.45, 7) is 1.30. The lowest BCUT2D eigenvalue weighted by atomic mass is 10.1. The second kappa shape index (κ2) is 8.33. The lowest BCUT2D eigenvalue weighted by Gasteiger charge is -2.12. The van der Waals surface area contributed by atoms with Gasteiger partial charge in [0.15, 0.2) is 0 Å². The van der Waals surface area contributed by atoms with E-state index in [1.165, 1.54) is 0 Å². The fourth-order valence-electron chi connectivity index (χ4n) is 2.78. The van der Waals surface area contributed by atoms with Crippen molar-refractivity contribution in [3.05, 3.63) is 64.4 Å². The Balaban J connectivity index is 1.86. The van der Waals surface area contributed by atoms with Gasteiger partial charge in [-0.05, 0) is 31.2 Å². The Bertz CT molecular complexity index is 1030. The third-order valence-corrected chi connectivity index (χ3v) is 4.61. The van der Waals surface area contributed by atoms with Crippen LogP contribution in [0.3, 0.4) is 0 Å². The van der Waals surface area contributed by atoms with E-state index in [9.17, 15) is 14.7 Å². The van der Waals surface area contributed by atoms with Crippen molar-refractivity contribution in [3.8, 4) is 5.75 Å². The molecule has 0 bridgehead atoms. The number of amides is 2. The summed E-state index contributed by atoms with van der Waals surface area (Å²) in [6.07, 6.45) is 0. The molecule has 0 saturated carbocycles. The molecule has 28 heavy (non-hydrogen) atoms. The average molecular weight is 403 g/mol. The fourth-order valence-corrected chi connectivity index (χ4v) is 2.98. The van der Waals surface area contributed by atoms with E-state index in [4.69, 9.17) is 26.5 Å². The molecule has 2 aromatic carbocycles. The van der Waals surface area contributed by atoms with Crippen molar-refractivity contribution in [1.29, 1.82) is 0 Å². The van der Waals surface area contributed by atoms with E-state index in [-0.39, 0.29) is 12.2 Å². The topological polar surface area (TPSA) is 115 Å². The average Bonchev–Trinajstić information content (AvgIpc) is 3.00. The molecule has 1 atom stereocenters. The van der Waals surface area contributed by atoms with Gasteiger partial charge in [-0.15, -0.1) is 0 Å². The Morgan fingerprint density at radius 2 is 2.04 bits per heavy atom. The predicted octanol–water partition coefficient (Wildman–Crippen LogP) is 2.55. The first-order valence-electron chi connectivity index (χ1n) is 8.51. The summed E-state index contributed by atoms with van der Waals surface area (Å²) in [4.78, 5) is 23.9. The normalized spacial score (nSPS) is 12.0. The third-order valence-electron chi connectivity index (χ3n) is 4.25. The minimum atomic E-state index is -1.18. The van der Waals surface area contributed by atoms with E-state index >= 15 is 0 Å². The van der Waals surface area contributed by atoms with Crippen molar-refractivity contribution in [2.75, 3.05) is 6.61 Å². The summed E-state index contributed by atoms with van der Waals surface area (Å²) >= 11 is 6.14. The minimum absolute atomic E-state index is 0.248. The van der Waals surface area contributed by atoms with E-state index in [0.717, 1.165) is 5.56 Å². The monoisotopic (exact) mass is 402 g/mol. The maximum Gasteiger partial charge on any atom is 0.256 e. The SMILES string of the molecule is Cc1oc2ccc(OCc3ccccc3Cl)cc2c1C(=O)N[C@@H](CO)C(N)=O. The number of aliphatic hydroxyl groups is 1. The van der Waals surface area contributed by atoms with Crippen molar-refractivity contribution < 1.29 is 23.8 Å². The smallest absolute Gasteiger partial charge is 0.256 e. The number of furan rings is 1. The Labute approximate surface area is 166 Å². The molecule has 3 aromatic rings. The zero-order valence-corrected chi connectivity index (χ0v) is 15.8. The summed E-state index contributed by atoms with van der Waals surface area (Å²) in [5, 5.41) is 12.7. The van der Waals surface area contributed by atoms with Crippen LogP contribution >= 0.6 is 11.6 Å². The molecule has 146 valence electrons. The van der Waals surface area contributed by atoms with Crippen LogP contribution < -0.4 is 15.8 Å². The Kier molecular flexibility index (Phi) is 5.87. The van der Waals surface area contributed by atoms with Crippen LogP contribution in [0.5, 0.6) is 5.75 Å². The molecule has 3 rings (SSSR count). The highest BCUT2D eigenvalue weighted by atomic mass is 35.5. The zero-order valence-electron chi connectivity index (χ0n) is 15.1. The second-order valence-corrected chi connectivity index (χ2v) is 6.59. The molecule has 0 aliphatic heterocycles. The highest BCUT2D eigenvalue weighted by molar-refractivity contribution is 6.31. The molecule has 0 unspecified atom stereocenters. The molecule has 0 fully saturated rings. The van der Waals surface area contributed by atoms with Crippen LogP contribution in [0.4, 0.5) is 0 Å². The number of carbonyl (C=O) groups is 2. The Morgan fingerprint density at radius 1 is 1.29 bits per heavy atom. The summed E-state index contributed by atoms with van der Waals surface area (Å²) in [6, 6.07) is 11.3. The number of nitrogens with one attached hydrogen (secondary N) is 1. The van der Waals surface area contributed by atoms with Gasteiger partial charge in [0.05, 0.1) is 12.2 Å². The lowest BCUT2D eigenvalue weighted by Crippen LogP contribution is -2.46. The number of hydrogen-bond acceptors (Lipinski definition) is 5. The van der Waals surface area contributed by atoms with E-state index < -0.39 is 24.5 Å². The van der Waals surface area contributed by atoms with Crippen molar-refractivity contribution in [3.63, 3.8) is 0 Å². The molecule has 4 N–H and O–H groups in total. The number of rotatable bonds is 7. The number of carbonyl (C=O) groups excluding carboxylic acids is 2. The standard InChI is InChI=1S/C20H19ClN2O5/c1-11-18(20(26)23-16(9-24)19(22)25)14-8-13(6-7-17(14)28-11)27-10-12-4-2-3-5-15(12)21/h2-8,16,24H,9-10H2,1H3,(H2,22,25)(H,23,26)/t16-/m0/s1. The molecular formula is C20H19ClN2O5. The van der Waals surface area contributed by atoms with Crippen LogP contribution in [0, 0.1) is 6.92 Å². The van der Waals surface area contributed by atoms with Gasteiger partial charge in [-0.3, -0.25) is 9.59 Å². The van der Waals surface area contributed by atoms with Crippen LogP contribution in [0.25, 0.3) is 11.0 Å². The molecule has 0 spiro atoms. The number of aliphatic hydroxyl groups excluding tert-OH is 1. The van der Waals surface area contributed by atoms with E-state index in [0.29, 0.717) is 27.5 Å². The zero-order chi connectivity index (χ0) is 20.3. The lowest BCUT2D eigenvalue weighted by molar-refractivity contribution is -0.120. The van der Waals surface area contributed by atoms with Crippen molar-refractivity contribution in [2.45, 2.75) is 19.6 Å². The van der Waals surface area contributed by atoms with E-state index in [1.807, 2.05) is 18.2 Å². The van der Waals surface area contributed by atoms with Crippen molar-refractivity contribution in [2.24, 2.45) is 5.73 Å². The highest BCUT2D eigenvalue weighted by Crippen LogP contribution is 2.30. The van der Waals surface area contributed by atoms with Gasteiger partial charge < -0.3 is 25.3 Å². The highest BCUT2D eigenvalue weighted by Gasteiger charge is 2.23. The predicted molar refractivity (Wildman–Crippen MR) is 104 cm³/mol. The Hall–Kier alpha value is -3.03. The number of aryl methyl sites for hydroxylation is 1. The molecule has 2 amide bonds. The maximum absolute atomic E-state index is 12.6.